The highest BCUT2D eigenvalue weighted by Crippen LogP contribution is 2.13. The maximum absolute atomic E-state index is 5.07. The Balaban J connectivity index is 1.86. The molecule has 1 unspecified atom stereocenters. The van der Waals surface area contributed by atoms with E-state index >= 15 is 0 Å². The summed E-state index contributed by atoms with van der Waals surface area (Å²) in [5, 5.41) is 3.53. The molecule has 1 fully saturated rings. The zero-order valence-corrected chi connectivity index (χ0v) is 10.0. The second kappa shape index (κ2) is 6.02. The van der Waals surface area contributed by atoms with Crippen LogP contribution in [0.2, 0.25) is 0 Å². The standard InChI is InChI=1S/C14H21NO/c1-16-10-8-12-4-6-13(7-5-12)11-14-3-2-9-15-14/h4-7,14-15H,2-3,8-11H2,1H3. The zero-order chi connectivity index (χ0) is 11.2. The van der Waals surface area contributed by atoms with Crippen molar-refractivity contribution in [2.24, 2.45) is 0 Å². The summed E-state index contributed by atoms with van der Waals surface area (Å²) in [6.07, 6.45) is 4.84. The number of benzene rings is 1. The molecule has 1 aliphatic heterocycles. The van der Waals surface area contributed by atoms with Crippen LogP contribution in [-0.2, 0) is 17.6 Å². The van der Waals surface area contributed by atoms with Crippen LogP contribution in [0.1, 0.15) is 24.0 Å². The van der Waals surface area contributed by atoms with Gasteiger partial charge in [0.25, 0.3) is 0 Å². The Morgan fingerprint density at radius 2 is 2.00 bits per heavy atom. The molecule has 0 amide bonds. The molecule has 88 valence electrons. The molecule has 2 heteroatoms. The lowest BCUT2D eigenvalue weighted by Crippen LogP contribution is -2.23. The van der Waals surface area contributed by atoms with Crippen molar-refractivity contribution in [3.63, 3.8) is 0 Å². The van der Waals surface area contributed by atoms with Crippen LogP contribution in [-0.4, -0.2) is 26.3 Å². The van der Waals surface area contributed by atoms with Crippen LogP contribution in [0.15, 0.2) is 24.3 Å². The molecule has 0 spiro atoms. The molecule has 2 nitrogen and oxygen atoms in total. The monoisotopic (exact) mass is 219 g/mol. The van der Waals surface area contributed by atoms with Crippen LogP contribution < -0.4 is 5.32 Å². The van der Waals surface area contributed by atoms with Crippen LogP contribution in [0.5, 0.6) is 0 Å². The molecule has 1 heterocycles. The van der Waals surface area contributed by atoms with Gasteiger partial charge in [-0.15, -0.1) is 0 Å². The molecular formula is C14H21NO. The second-order valence-corrected chi connectivity index (χ2v) is 4.56. The van der Waals surface area contributed by atoms with Gasteiger partial charge >= 0.3 is 0 Å². The van der Waals surface area contributed by atoms with Crippen molar-refractivity contribution in [1.82, 2.24) is 5.32 Å². The Hall–Kier alpha value is -0.860. The zero-order valence-electron chi connectivity index (χ0n) is 10.0. The molecule has 0 aromatic heterocycles. The maximum Gasteiger partial charge on any atom is 0.0502 e. The summed E-state index contributed by atoms with van der Waals surface area (Å²) in [6, 6.07) is 9.66. The van der Waals surface area contributed by atoms with Crippen molar-refractivity contribution in [3.8, 4) is 0 Å². The van der Waals surface area contributed by atoms with E-state index in [-0.39, 0.29) is 0 Å². The third kappa shape index (κ3) is 3.32. The van der Waals surface area contributed by atoms with Crippen molar-refractivity contribution in [2.75, 3.05) is 20.3 Å². The van der Waals surface area contributed by atoms with Crippen molar-refractivity contribution < 1.29 is 4.74 Å². The summed E-state index contributed by atoms with van der Waals surface area (Å²) in [5.74, 6) is 0. The molecule has 1 aromatic carbocycles. The third-order valence-electron chi connectivity index (χ3n) is 3.26. The van der Waals surface area contributed by atoms with Gasteiger partial charge in [0.2, 0.25) is 0 Å². The average Bonchev–Trinajstić information content (AvgIpc) is 2.81. The van der Waals surface area contributed by atoms with E-state index in [9.17, 15) is 0 Å². The van der Waals surface area contributed by atoms with E-state index in [1.54, 1.807) is 7.11 Å². The lowest BCUT2D eigenvalue weighted by molar-refractivity contribution is 0.202. The highest BCUT2D eigenvalue weighted by atomic mass is 16.5. The summed E-state index contributed by atoms with van der Waals surface area (Å²) in [7, 11) is 1.75. The van der Waals surface area contributed by atoms with E-state index < -0.39 is 0 Å². The number of hydrogen-bond donors (Lipinski definition) is 1. The summed E-state index contributed by atoms with van der Waals surface area (Å²) in [4.78, 5) is 0. The lowest BCUT2D eigenvalue weighted by atomic mass is 10.0. The quantitative estimate of drug-likeness (QED) is 0.819. The van der Waals surface area contributed by atoms with Crippen molar-refractivity contribution >= 4 is 0 Å². The number of nitrogens with one attached hydrogen (secondary N) is 1. The van der Waals surface area contributed by atoms with Crippen molar-refractivity contribution in [3.05, 3.63) is 35.4 Å². The molecule has 2 rings (SSSR count). The first-order chi connectivity index (χ1) is 7.88. The number of methoxy groups -OCH3 is 1. The molecule has 0 radical (unpaired) electrons. The summed E-state index contributed by atoms with van der Waals surface area (Å²) in [5.41, 5.74) is 2.81. The van der Waals surface area contributed by atoms with E-state index in [1.165, 1.54) is 36.9 Å². The molecule has 1 atom stereocenters. The van der Waals surface area contributed by atoms with Crippen LogP contribution in [0.25, 0.3) is 0 Å². The molecule has 0 saturated carbocycles. The van der Waals surface area contributed by atoms with Crippen LogP contribution in [0, 0.1) is 0 Å². The number of hydrogen-bond acceptors (Lipinski definition) is 2. The van der Waals surface area contributed by atoms with Gasteiger partial charge in [0.15, 0.2) is 0 Å². The second-order valence-electron chi connectivity index (χ2n) is 4.56. The Kier molecular flexibility index (Phi) is 4.37. The van der Waals surface area contributed by atoms with Gasteiger partial charge in [-0.2, -0.15) is 0 Å². The summed E-state index contributed by atoms with van der Waals surface area (Å²) < 4.78 is 5.07. The first-order valence-corrected chi connectivity index (χ1v) is 6.18. The highest BCUT2D eigenvalue weighted by molar-refractivity contribution is 5.23. The van der Waals surface area contributed by atoms with Gasteiger partial charge in [0.05, 0.1) is 6.61 Å². The normalized spacial score (nSPS) is 20.2. The van der Waals surface area contributed by atoms with Gasteiger partial charge in [-0.25, -0.2) is 0 Å². The smallest absolute Gasteiger partial charge is 0.0502 e. The molecule has 1 aromatic rings. The van der Waals surface area contributed by atoms with Gasteiger partial charge in [-0.3, -0.25) is 0 Å². The van der Waals surface area contributed by atoms with E-state index in [1.807, 2.05) is 0 Å². The fraction of sp³-hybridized carbons (Fsp3) is 0.571. The minimum Gasteiger partial charge on any atom is -0.384 e. The predicted octanol–water partition coefficient (Wildman–Crippen LogP) is 2.17. The SMILES string of the molecule is COCCc1ccc(CC2CCCN2)cc1. The maximum atomic E-state index is 5.07. The lowest BCUT2D eigenvalue weighted by Gasteiger charge is -2.10. The van der Waals surface area contributed by atoms with Crippen LogP contribution in [0.4, 0.5) is 0 Å². The molecule has 1 N–H and O–H groups in total. The number of rotatable bonds is 5. The Bertz CT molecular complexity index is 301. The summed E-state index contributed by atoms with van der Waals surface area (Å²) in [6.45, 7) is 2.00. The number of ether oxygens (including phenoxy) is 1. The van der Waals surface area contributed by atoms with Gasteiger partial charge < -0.3 is 10.1 Å². The Morgan fingerprint density at radius 1 is 1.25 bits per heavy atom. The van der Waals surface area contributed by atoms with E-state index in [0.29, 0.717) is 6.04 Å². The minimum atomic E-state index is 0.699. The van der Waals surface area contributed by atoms with Gasteiger partial charge in [-0.1, -0.05) is 24.3 Å². The fourth-order valence-corrected chi connectivity index (χ4v) is 2.28. The molecule has 1 saturated heterocycles. The molecule has 0 aliphatic carbocycles. The molecule has 1 aliphatic rings. The summed E-state index contributed by atoms with van der Waals surface area (Å²) >= 11 is 0. The minimum absolute atomic E-state index is 0.699. The molecule has 0 bridgehead atoms. The largest absolute Gasteiger partial charge is 0.384 e. The van der Waals surface area contributed by atoms with Gasteiger partial charge in [-0.05, 0) is 43.4 Å². The highest BCUT2D eigenvalue weighted by Gasteiger charge is 2.13. The predicted molar refractivity (Wildman–Crippen MR) is 66.8 cm³/mol. The first-order valence-electron chi connectivity index (χ1n) is 6.18. The van der Waals surface area contributed by atoms with E-state index in [2.05, 4.69) is 29.6 Å². The Morgan fingerprint density at radius 3 is 2.62 bits per heavy atom. The van der Waals surface area contributed by atoms with E-state index in [0.717, 1.165) is 13.0 Å². The first kappa shape index (κ1) is 11.6. The molecule has 16 heavy (non-hydrogen) atoms. The molecular weight excluding hydrogens is 198 g/mol. The van der Waals surface area contributed by atoms with Crippen molar-refractivity contribution in [1.29, 1.82) is 0 Å². The topological polar surface area (TPSA) is 21.3 Å². The third-order valence-corrected chi connectivity index (χ3v) is 3.26. The van der Waals surface area contributed by atoms with Crippen LogP contribution in [0.3, 0.4) is 0 Å². The Labute approximate surface area is 98.0 Å². The van der Waals surface area contributed by atoms with Crippen LogP contribution >= 0.6 is 0 Å². The van der Waals surface area contributed by atoms with Crippen molar-refractivity contribution in [2.45, 2.75) is 31.7 Å². The average molecular weight is 219 g/mol. The van der Waals surface area contributed by atoms with E-state index in [4.69, 9.17) is 4.74 Å². The van der Waals surface area contributed by atoms with Gasteiger partial charge in [0.1, 0.15) is 0 Å². The fourth-order valence-electron chi connectivity index (χ4n) is 2.28. The van der Waals surface area contributed by atoms with Gasteiger partial charge in [0, 0.05) is 13.2 Å².